The lowest BCUT2D eigenvalue weighted by molar-refractivity contribution is 0.0950. The Morgan fingerprint density at radius 1 is 0.962 bits per heavy atom. The van der Waals surface area contributed by atoms with Crippen molar-refractivity contribution in [1.82, 2.24) is 10.6 Å². The van der Waals surface area contributed by atoms with E-state index < -0.39 is 0 Å². The predicted molar refractivity (Wildman–Crippen MR) is 102 cm³/mol. The Balaban J connectivity index is 1.93. The molecule has 0 unspecified atom stereocenters. The van der Waals surface area contributed by atoms with Crippen LogP contribution in [0.3, 0.4) is 0 Å². The van der Waals surface area contributed by atoms with Crippen LogP contribution in [-0.4, -0.2) is 25.5 Å². The summed E-state index contributed by atoms with van der Waals surface area (Å²) in [4.78, 5) is 24.5. The third kappa shape index (κ3) is 5.92. The van der Waals surface area contributed by atoms with Gasteiger partial charge in [-0.1, -0.05) is 32.0 Å². The number of hydrogen-bond donors (Lipinski definition) is 2. The van der Waals surface area contributed by atoms with Crippen molar-refractivity contribution in [2.75, 3.05) is 13.7 Å². The second-order valence-corrected chi connectivity index (χ2v) is 6.55. The zero-order chi connectivity index (χ0) is 18.9. The molecule has 5 nitrogen and oxygen atoms in total. The largest absolute Gasteiger partial charge is 0.497 e. The molecule has 2 rings (SSSR count). The van der Waals surface area contributed by atoms with Crippen LogP contribution in [0, 0.1) is 5.92 Å². The molecule has 5 heteroatoms. The maximum atomic E-state index is 12.4. The number of ether oxygens (including phenoxy) is 1. The van der Waals surface area contributed by atoms with E-state index in [2.05, 4.69) is 24.5 Å². The lowest BCUT2D eigenvalue weighted by Gasteiger charge is -2.09. The Morgan fingerprint density at radius 2 is 1.58 bits per heavy atom. The molecule has 138 valence electrons. The lowest BCUT2D eigenvalue weighted by atomic mass is 10.1. The molecule has 0 atom stereocenters. The molecule has 0 saturated heterocycles. The van der Waals surface area contributed by atoms with Gasteiger partial charge in [-0.3, -0.25) is 9.59 Å². The summed E-state index contributed by atoms with van der Waals surface area (Å²) in [5.41, 5.74) is 1.93. The van der Waals surface area contributed by atoms with E-state index in [4.69, 9.17) is 4.74 Å². The first-order valence-electron chi connectivity index (χ1n) is 8.79. The van der Waals surface area contributed by atoms with E-state index in [-0.39, 0.29) is 11.8 Å². The molecule has 0 aromatic heterocycles. The van der Waals surface area contributed by atoms with E-state index in [1.165, 1.54) is 0 Å². The topological polar surface area (TPSA) is 67.4 Å². The molecule has 0 radical (unpaired) electrons. The lowest BCUT2D eigenvalue weighted by Crippen LogP contribution is -2.26. The van der Waals surface area contributed by atoms with Crippen molar-refractivity contribution in [2.24, 2.45) is 5.92 Å². The second-order valence-electron chi connectivity index (χ2n) is 6.55. The van der Waals surface area contributed by atoms with Crippen LogP contribution in [0.15, 0.2) is 48.5 Å². The summed E-state index contributed by atoms with van der Waals surface area (Å²) in [6.07, 6.45) is 0.924. The van der Waals surface area contributed by atoms with E-state index in [1.807, 2.05) is 24.3 Å². The smallest absolute Gasteiger partial charge is 0.251 e. The van der Waals surface area contributed by atoms with E-state index in [9.17, 15) is 9.59 Å². The Hall–Kier alpha value is -2.82. The monoisotopic (exact) mass is 354 g/mol. The van der Waals surface area contributed by atoms with Crippen LogP contribution in [0.2, 0.25) is 0 Å². The standard InChI is InChI=1S/C21H26N2O3/c1-15(2)11-12-22-20(24)17-5-4-6-18(13-17)21(25)23-14-16-7-9-19(26-3)10-8-16/h4-10,13,15H,11-12,14H2,1-3H3,(H,22,24)(H,23,25). The number of rotatable bonds is 8. The first kappa shape index (κ1) is 19.5. The molecule has 0 aliphatic carbocycles. The molecule has 0 bridgehead atoms. The highest BCUT2D eigenvalue weighted by molar-refractivity contribution is 5.99. The normalized spacial score (nSPS) is 10.5. The Kier molecular flexibility index (Phi) is 7.21. The van der Waals surface area contributed by atoms with E-state index >= 15 is 0 Å². The molecule has 0 aliphatic rings. The van der Waals surface area contributed by atoms with Gasteiger partial charge in [-0.15, -0.1) is 0 Å². The fourth-order valence-corrected chi connectivity index (χ4v) is 2.41. The zero-order valence-corrected chi connectivity index (χ0v) is 15.5. The highest BCUT2D eigenvalue weighted by Gasteiger charge is 2.10. The van der Waals surface area contributed by atoms with Gasteiger partial charge in [0.2, 0.25) is 0 Å². The summed E-state index contributed by atoms with van der Waals surface area (Å²) >= 11 is 0. The Morgan fingerprint density at radius 3 is 2.15 bits per heavy atom. The Labute approximate surface area is 154 Å². The van der Waals surface area contributed by atoms with Gasteiger partial charge >= 0.3 is 0 Å². The highest BCUT2D eigenvalue weighted by atomic mass is 16.5. The highest BCUT2D eigenvalue weighted by Crippen LogP contribution is 2.11. The number of hydrogen-bond acceptors (Lipinski definition) is 3. The van der Waals surface area contributed by atoms with Gasteiger partial charge in [0.25, 0.3) is 11.8 Å². The summed E-state index contributed by atoms with van der Waals surface area (Å²) in [6.45, 7) is 5.26. The van der Waals surface area contributed by atoms with Gasteiger partial charge < -0.3 is 15.4 Å². The molecular formula is C21H26N2O3. The van der Waals surface area contributed by atoms with Gasteiger partial charge in [-0.25, -0.2) is 0 Å². The van der Waals surface area contributed by atoms with Crippen LogP contribution < -0.4 is 15.4 Å². The van der Waals surface area contributed by atoms with Gasteiger partial charge in [0.15, 0.2) is 0 Å². The van der Waals surface area contributed by atoms with Gasteiger partial charge in [0, 0.05) is 24.2 Å². The van der Waals surface area contributed by atoms with Gasteiger partial charge in [-0.2, -0.15) is 0 Å². The first-order chi connectivity index (χ1) is 12.5. The summed E-state index contributed by atoms with van der Waals surface area (Å²) in [7, 11) is 1.61. The average Bonchev–Trinajstić information content (AvgIpc) is 2.66. The van der Waals surface area contributed by atoms with Crippen LogP contribution in [0.5, 0.6) is 5.75 Å². The summed E-state index contributed by atoms with van der Waals surface area (Å²) in [5.74, 6) is 0.940. The van der Waals surface area contributed by atoms with Crippen LogP contribution in [0.25, 0.3) is 0 Å². The maximum absolute atomic E-state index is 12.4. The van der Waals surface area contributed by atoms with Gasteiger partial charge in [-0.05, 0) is 48.2 Å². The third-order valence-electron chi connectivity index (χ3n) is 4.01. The quantitative estimate of drug-likeness (QED) is 0.763. The fraction of sp³-hybridized carbons (Fsp3) is 0.333. The van der Waals surface area contributed by atoms with E-state index in [0.29, 0.717) is 30.1 Å². The van der Waals surface area contributed by atoms with Crippen molar-refractivity contribution < 1.29 is 14.3 Å². The molecule has 0 fully saturated rings. The first-order valence-corrected chi connectivity index (χ1v) is 8.79. The predicted octanol–water partition coefficient (Wildman–Crippen LogP) is 3.40. The van der Waals surface area contributed by atoms with Crippen LogP contribution >= 0.6 is 0 Å². The van der Waals surface area contributed by atoms with Crippen molar-refractivity contribution in [3.63, 3.8) is 0 Å². The van der Waals surface area contributed by atoms with Crippen molar-refractivity contribution in [3.05, 3.63) is 65.2 Å². The Bertz CT molecular complexity index is 739. The molecule has 2 amide bonds. The van der Waals surface area contributed by atoms with Gasteiger partial charge in [0.05, 0.1) is 7.11 Å². The molecule has 2 aromatic rings. The molecule has 2 aromatic carbocycles. The maximum Gasteiger partial charge on any atom is 0.251 e. The summed E-state index contributed by atoms with van der Waals surface area (Å²) in [6, 6.07) is 14.3. The number of nitrogens with one attached hydrogen (secondary N) is 2. The molecule has 26 heavy (non-hydrogen) atoms. The fourth-order valence-electron chi connectivity index (χ4n) is 2.41. The molecule has 0 aliphatic heterocycles. The zero-order valence-electron chi connectivity index (χ0n) is 15.5. The minimum atomic E-state index is -0.211. The van der Waals surface area contributed by atoms with Crippen molar-refractivity contribution in [1.29, 1.82) is 0 Å². The molecule has 2 N–H and O–H groups in total. The number of amides is 2. The van der Waals surface area contributed by atoms with Gasteiger partial charge in [0.1, 0.15) is 5.75 Å². The third-order valence-corrected chi connectivity index (χ3v) is 4.01. The molecule has 0 spiro atoms. The van der Waals surface area contributed by atoms with E-state index in [1.54, 1.807) is 31.4 Å². The SMILES string of the molecule is COc1ccc(CNC(=O)c2cccc(C(=O)NCCC(C)C)c2)cc1. The van der Waals surface area contributed by atoms with Crippen LogP contribution in [0.1, 0.15) is 46.5 Å². The number of carbonyl (C=O) groups is 2. The average molecular weight is 354 g/mol. The summed E-state index contributed by atoms with van der Waals surface area (Å²) < 4.78 is 5.12. The van der Waals surface area contributed by atoms with Crippen LogP contribution in [-0.2, 0) is 6.54 Å². The van der Waals surface area contributed by atoms with Crippen molar-refractivity contribution >= 4 is 11.8 Å². The van der Waals surface area contributed by atoms with Crippen molar-refractivity contribution in [3.8, 4) is 5.75 Å². The number of benzene rings is 2. The summed E-state index contributed by atoms with van der Waals surface area (Å²) in [5, 5.41) is 5.75. The number of methoxy groups -OCH3 is 1. The van der Waals surface area contributed by atoms with Crippen molar-refractivity contribution in [2.45, 2.75) is 26.8 Å². The van der Waals surface area contributed by atoms with Crippen LogP contribution in [0.4, 0.5) is 0 Å². The second kappa shape index (κ2) is 9.61. The molecular weight excluding hydrogens is 328 g/mol. The minimum absolute atomic E-state index is 0.157. The molecule has 0 heterocycles. The van der Waals surface area contributed by atoms with E-state index in [0.717, 1.165) is 17.7 Å². The molecule has 0 saturated carbocycles. The minimum Gasteiger partial charge on any atom is -0.497 e. The number of carbonyl (C=O) groups excluding carboxylic acids is 2.